The lowest BCUT2D eigenvalue weighted by Gasteiger charge is -2.03. The Bertz CT molecular complexity index is 98.2. The van der Waals surface area contributed by atoms with E-state index in [4.69, 9.17) is 13.7 Å². The van der Waals surface area contributed by atoms with Crippen LogP contribution in [0.5, 0.6) is 0 Å². The van der Waals surface area contributed by atoms with Crippen molar-refractivity contribution in [3.8, 4) is 0 Å². The molecule has 3 nitrogen and oxygen atoms in total. The van der Waals surface area contributed by atoms with E-state index in [9.17, 15) is 0 Å². The molecule has 0 aliphatic heterocycles. The highest BCUT2D eigenvalue weighted by molar-refractivity contribution is 6.03. The van der Waals surface area contributed by atoms with Crippen LogP contribution >= 0.6 is 0 Å². The molecule has 0 aliphatic rings. The van der Waals surface area contributed by atoms with Crippen LogP contribution in [0, 0.1) is 0 Å². The molecule has 0 amide bonds. The van der Waals surface area contributed by atoms with E-state index in [1.807, 2.05) is 5.39 Å². The molecule has 0 aromatic carbocycles. The maximum Gasteiger partial charge on any atom is 0.236 e. The van der Waals surface area contributed by atoms with E-state index < -0.39 is 0 Å². The summed E-state index contributed by atoms with van der Waals surface area (Å²) in [7, 11) is 4.81. The van der Waals surface area contributed by atoms with Gasteiger partial charge in [-0.05, 0) is 13.8 Å². The van der Waals surface area contributed by atoms with Crippen molar-refractivity contribution in [2.45, 2.75) is 13.8 Å². The third-order valence-corrected chi connectivity index (χ3v) is 0.767. The minimum absolute atomic E-state index is 0.590. The standard InChI is InChI=1S/C4H9BN2O/c1-3(6)4(2)8-7-5/h7H,6H2,1-2H3/b4-3-. The monoisotopic (exact) mass is 112 g/mol. The van der Waals surface area contributed by atoms with Gasteiger partial charge in [-0.15, -0.1) is 0 Å². The molecule has 0 aromatic rings. The fraction of sp³-hybridized carbons (Fsp3) is 0.500. The molecule has 0 heterocycles. The van der Waals surface area contributed by atoms with Gasteiger partial charge in [-0.1, -0.05) is 0 Å². The van der Waals surface area contributed by atoms with Crippen molar-refractivity contribution in [3.63, 3.8) is 0 Å². The zero-order valence-electron chi connectivity index (χ0n) is 5.06. The van der Waals surface area contributed by atoms with Gasteiger partial charge in [0.1, 0.15) is 5.76 Å². The molecule has 3 N–H and O–H groups in total. The van der Waals surface area contributed by atoms with Gasteiger partial charge in [-0.3, -0.25) is 0 Å². The van der Waals surface area contributed by atoms with Crippen LogP contribution in [0.3, 0.4) is 0 Å². The minimum Gasteiger partial charge on any atom is -0.425 e. The predicted octanol–water partition coefficient (Wildman–Crippen LogP) is -0.199. The largest absolute Gasteiger partial charge is 0.425 e. The van der Waals surface area contributed by atoms with Crippen LogP contribution in [0.4, 0.5) is 0 Å². The normalized spacial score (nSPS) is 12.8. The summed E-state index contributed by atoms with van der Waals surface area (Å²) in [6.45, 7) is 3.45. The Kier molecular flexibility index (Phi) is 3.11. The molecule has 0 aromatic heterocycles. The Morgan fingerprint density at radius 3 is 2.25 bits per heavy atom. The van der Waals surface area contributed by atoms with Crippen LogP contribution < -0.4 is 11.1 Å². The Labute approximate surface area is 50.3 Å². The van der Waals surface area contributed by atoms with Gasteiger partial charge in [0.15, 0.2) is 0 Å². The van der Waals surface area contributed by atoms with Gasteiger partial charge in [-0.25, -0.2) is 5.39 Å². The van der Waals surface area contributed by atoms with Crippen molar-refractivity contribution in [1.82, 2.24) is 5.39 Å². The van der Waals surface area contributed by atoms with E-state index in [-0.39, 0.29) is 0 Å². The minimum atomic E-state index is 0.590. The van der Waals surface area contributed by atoms with Crippen LogP contribution in [-0.4, -0.2) is 7.98 Å². The Morgan fingerprint density at radius 2 is 2.12 bits per heavy atom. The van der Waals surface area contributed by atoms with Crippen LogP contribution in [0.15, 0.2) is 11.5 Å². The molecule has 0 fully saturated rings. The third kappa shape index (κ3) is 2.52. The Balaban J connectivity index is 3.62. The number of nitrogens with one attached hydrogen (secondary N) is 1. The average molecular weight is 112 g/mol. The van der Waals surface area contributed by atoms with Gasteiger partial charge >= 0.3 is 0 Å². The SMILES string of the molecule is [B]NO/C(C)=C(/C)N. The molecule has 0 bridgehead atoms. The summed E-state index contributed by atoms with van der Waals surface area (Å²) >= 11 is 0. The van der Waals surface area contributed by atoms with Crippen molar-refractivity contribution < 1.29 is 4.84 Å². The van der Waals surface area contributed by atoms with Crippen LogP contribution in [-0.2, 0) is 4.84 Å². The molecule has 44 valence electrons. The number of rotatable bonds is 2. The second-order valence-corrected chi connectivity index (χ2v) is 1.46. The van der Waals surface area contributed by atoms with Crippen molar-refractivity contribution in [2.75, 3.05) is 0 Å². The summed E-state index contributed by atoms with van der Waals surface area (Å²) < 4.78 is 0. The maximum atomic E-state index is 5.28. The summed E-state index contributed by atoms with van der Waals surface area (Å²) in [5.41, 5.74) is 5.89. The molecule has 0 atom stereocenters. The Hall–Kier alpha value is -0.635. The fourth-order valence-electron chi connectivity index (χ4n) is 0.169. The molecule has 8 heavy (non-hydrogen) atoms. The summed E-state index contributed by atoms with van der Waals surface area (Å²) in [4.78, 5) is 4.59. The van der Waals surface area contributed by atoms with Gasteiger partial charge in [0.2, 0.25) is 7.98 Å². The number of allylic oxidation sites excluding steroid dienone is 2. The summed E-state index contributed by atoms with van der Waals surface area (Å²) in [5.74, 6) is 0.590. The molecule has 0 saturated heterocycles. The molecule has 0 rings (SSSR count). The van der Waals surface area contributed by atoms with Crippen molar-refractivity contribution in [3.05, 3.63) is 11.5 Å². The molecule has 0 spiro atoms. The fourth-order valence-corrected chi connectivity index (χ4v) is 0.169. The second-order valence-electron chi connectivity index (χ2n) is 1.46. The highest BCUT2D eigenvalue weighted by Gasteiger charge is 1.88. The van der Waals surface area contributed by atoms with Crippen molar-refractivity contribution >= 4 is 7.98 Å². The van der Waals surface area contributed by atoms with Crippen LogP contribution in [0.25, 0.3) is 0 Å². The predicted molar refractivity (Wildman–Crippen MR) is 32.5 cm³/mol. The lowest BCUT2D eigenvalue weighted by Crippen LogP contribution is -2.10. The van der Waals surface area contributed by atoms with Gasteiger partial charge in [-0.2, -0.15) is 0 Å². The molecular weight excluding hydrogens is 103 g/mol. The van der Waals surface area contributed by atoms with E-state index in [0.717, 1.165) is 0 Å². The van der Waals surface area contributed by atoms with E-state index in [1.165, 1.54) is 0 Å². The van der Waals surface area contributed by atoms with Gasteiger partial charge in [0, 0.05) is 5.70 Å². The highest BCUT2D eigenvalue weighted by atomic mass is 16.6. The van der Waals surface area contributed by atoms with Crippen LogP contribution in [0.2, 0.25) is 0 Å². The molecule has 0 aliphatic carbocycles. The van der Waals surface area contributed by atoms with Gasteiger partial charge < -0.3 is 10.6 Å². The first-order valence-corrected chi connectivity index (χ1v) is 2.24. The van der Waals surface area contributed by atoms with Crippen molar-refractivity contribution in [1.29, 1.82) is 0 Å². The first kappa shape index (κ1) is 7.36. The molecule has 0 saturated carbocycles. The number of nitrogens with two attached hydrogens (primary N) is 1. The Morgan fingerprint density at radius 1 is 1.62 bits per heavy atom. The van der Waals surface area contributed by atoms with Gasteiger partial charge in [0.05, 0.1) is 0 Å². The zero-order valence-corrected chi connectivity index (χ0v) is 5.06. The summed E-state index contributed by atoms with van der Waals surface area (Å²) in [6.07, 6.45) is 0. The number of hydrogen-bond donors (Lipinski definition) is 2. The van der Waals surface area contributed by atoms with E-state index in [2.05, 4.69) is 4.84 Å². The number of hydrogen-bond acceptors (Lipinski definition) is 3. The second kappa shape index (κ2) is 3.38. The van der Waals surface area contributed by atoms with Crippen molar-refractivity contribution in [2.24, 2.45) is 5.73 Å². The molecule has 4 heteroatoms. The lowest BCUT2D eigenvalue weighted by molar-refractivity contribution is 0.169. The maximum absolute atomic E-state index is 5.28. The first-order chi connectivity index (χ1) is 3.68. The van der Waals surface area contributed by atoms with Crippen LogP contribution in [0.1, 0.15) is 13.8 Å². The van der Waals surface area contributed by atoms with E-state index in [1.54, 1.807) is 13.8 Å². The molecular formula is C4H9BN2O. The summed E-state index contributed by atoms with van der Waals surface area (Å²) in [5, 5.41) is 2.01. The molecule has 2 radical (unpaired) electrons. The average Bonchev–Trinajstić information content (AvgIpc) is 1.67. The zero-order chi connectivity index (χ0) is 6.57. The van der Waals surface area contributed by atoms with E-state index >= 15 is 0 Å². The molecule has 0 unspecified atom stereocenters. The third-order valence-electron chi connectivity index (χ3n) is 0.767. The lowest BCUT2D eigenvalue weighted by atomic mass is 10.4. The smallest absolute Gasteiger partial charge is 0.236 e. The summed E-state index contributed by atoms with van der Waals surface area (Å²) in [6, 6.07) is 0. The topological polar surface area (TPSA) is 47.3 Å². The highest BCUT2D eigenvalue weighted by Crippen LogP contribution is 1.93. The quantitative estimate of drug-likeness (QED) is 0.295. The first-order valence-electron chi connectivity index (χ1n) is 2.24. The van der Waals surface area contributed by atoms with E-state index in [0.29, 0.717) is 11.5 Å². The van der Waals surface area contributed by atoms with Gasteiger partial charge in [0.25, 0.3) is 0 Å².